The molecule has 182 valence electrons. The number of hydrogen-bond acceptors (Lipinski definition) is 6. The summed E-state index contributed by atoms with van der Waals surface area (Å²) in [5.41, 5.74) is 1.45. The minimum atomic E-state index is -1.01. The summed E-state index contributed by atoms with van der Waals surface area (Å²) in [4.78, 5) is 44.3. The number of anilines is 2. The second kappa shape index (κ2) is 10.6. The van der Waals surface area contributed by atoms with Gasteiger partial charge in [-0.05, 0) is 50.6 Å². The number of pyridine rings is 1. The van der Waals surface area contributed by atoms with E-state index in [9.17, 15) is 18.8 Å². The van der Waals surface area contributed by atoms with Gasteiger partial charge in [-0.25, -0.2) is 14.2 Å². The molecule has 0 saturated heterocycles. The maximum Gasteiger partial charge on any atom is 0.413 e. The molecule has 2 heterocycles. The Hall–Kier alpha value is -3.53. The molecule has 3 N–H and O–H groups in total. The molecule has 3 atom stereocenters. The summed E-state index contributed by atoms with van der Waals surface area (Å²) in [7, 11) is 1.65. The second-order valence-corrected chi connectivity index (χ2v) is 8.61. The van der Waals surface area contributed by atoms with Crippen LogP contribution in [-0.4, -0.2) is 48.3 Å². The molecular formula is C24H30FN5O4. The number of hydrogen-bond donors (Lipinski definition) is 3. The summed E-state index contributed by atoms with van der Waals surface area (Å²) in [6.45, 7) is 7.08. The van der Waals surface area contributed by atoms with Gasteiger partial charge in [-0.3, -0.25) is 19.8 Å². The number of rotatable bonds is 7. The molecule has 0 unspecified atom stereocenters. The quantitative estimate of drug-likeness (QED) is 0.573. The number of amides is 3. The van der Waals surface area contributed by atoms with Crippen molar-refractivity contribution in [3.8, 4) is 0 Å². The Morgan fingerprint density at radius 3 is 2.62 bits per heavy atom. The van der Waals surface area contributed by atoms with Gasteiger partial charge < -0.3 is 15.4 Å². The van der Waals surface area contributed by atoms with E-state index in [4.69, 9.17) is 4.74 Å². The number of fused-ring (bicyclic) bond motifs is 1. The van der Waals surface area contributed by atoms with Crippen molar-refractivity contribution in [1.29, 1.82) is 0 Å². The Balaban J connectivity index is 1.84. The van der Waals surface area contributed by atoms with E-state index in [2.05, 4.69) is 20.9 Å². The van der Waals surface area contributed by atoms with E-state index in [-0.39, 0.29) is 23.9 Å². The van der Waals surface area contributed by atoms with Crippen molar-refractivity contribution in [3.05, 3.63) is 53.5 Å². The molecule has 1 aromatic heterocycles. The topological polar surface area (TPSA) is 113 Å². The van der Waals surface area contributed by atoms with Crippen molar-refractivity contribution in [2.24, 2.45) is 5.92 Å². The maximum atomic E-state index is 14.1. The molecule has 1 aliphatic heterocycles. The molecule has 34 heavy (non-hydrogen) atoms. The van der Waals surface area contributed by atoms with Crippen LogP contribution in [0.5, 0.6) is 0 Å². The third kappa shape index (κ3) is 5.51. The van der Waals surface area contributed by atoms with Gasteiger partial charge in [0.1, 0.15) is 17.7 Å². The summed E-state index contributed by atoms with van der Waals surface area (Å²) in [5, 5.41) is 8.02. The number of ether oxygens (including phenoxy) is 1. The minimum Gasteiger partial charge on any atom is -0.424 e. The highest BCUT2D eigenvalue weighted by molar-refractivity contribution is 6.01. The van der Waals surface area contributed by atoms with E-state index in [1.54, 1.807) is 39.1 Å². The lowest BCUT2D eigenvalue weighted by molar-refractivity contribution is -0.130. The fourth-order valence-electron chi connectivity index (χ4n) is 3.63. The van der Waals surface area contributed by atoms with Gasteiger partial charge in [0.15, 0.2) is 6.23 Å². The predicted molar refractivity (Wildman–Crippen MR) is 126 cm³/mol. The number of aromatic nitrogens is 1. The predicted octanol–water partition coefficient (Wildman–Crippen LogP) is 2.74. The molecule has 2 aromatic rings. The third-order valence-electron chi connectivity index (χ3n) is 5.67. The highest BCUT2D eigenvalue weighted by Crippen LogP contribution is 2.32. The van der Waals surface area contributed by atoms with Gasteiger partial charge in [0, 0.05) is 18.2 Å². The first-order chi connectivity index (χ1) is 16.1. The lowest BCUT2D eigenvalue weighted by Gasteiger charge is -2.31. The maximum absolute atomic E-state index is 14.1. The van der Waals surface area contributed by atoms with Gasteiger partial charge >= 0.3 is 6.09 Å². The molecule has 3 rings (SSSR count). The Bertz CT molecular complexity index is 1080. The van der Waals surface area contributed by atoms with Crippen LogP contribution in [0.3, 0.4) is 0 Å². The summed E-state index contributed by atoms with van der Waals surface area (Å²) in [6, 6.07) is 6.45. The van der Waals surface area contributed by atoms with Crippen LogP contribution in [0, 0.1) is 18.7 Å². The Morgan fingerprint density at radius 2 is 1.94 bits per heavy atom. The van der Waals surface area contributed by atoms with E-state index in [0.29, 0.717) is 11.4 Å². The zero-order valence-electron chi connectivity index (χ0n) is 19.9. The minimum absolute atomic E-state index is 0.0233. The summed E-state index contributed by atoms with van der Waals surface area (Å²) < 4.78 is 19.6. The van der Waals surface area contributed by atoms with E-state index >= 15 is 0 Å². The average molecular weight is 472 g/mol. The number of nitrogens with one attached hydrogen (secondary N) is 3. The summed E-state index contributed by atoms with van der Waals surface area (Å²) in [6.07, 6.45) is -0.167. The van der Waals surface area contributed by atoms with E-state index < -0.39 is 36.1 Å². The highest BCUT2D eigenvalue weighted by atomic mass is 19.1. The van der Waals surface area contributed by atoms with Gasteiger partial charge in [0.2, 0.25) is 5.91 Å². The van der Waals surface area contributed by atoms with Crippen molar-refractivity contribution >= 4 is 29.4 Å². The molecule has 0 saturated carbocycles. The number of nitrogens with zero attached hydrogens (tertiary/aromatic N) is 2. The van der Waals surface area contributed by atoms with E-state index in [1.165, 1.54) is 23.2 Å². The van der Waals surface area contributed by atoms with Gasteiger partial charge in [0.25, 0.3) is 5.91 Å². The third-order valence-corrected chi connectivity index (χ3v) is 5.67. The number of likely N-dealkylation sites (N-methyl/N-ethyl adjacent to an activating group) is 1. The summed E-state index contributed by atoms with van der Waals surface area (Å²) in [5.74, 6) is -1.28. The molecule has 9 nitrogen and oxygen atoms in total. The SMILES string of the molecule is CN[C@@H](C)C(=O)N[C@H](C(=O)N1c2ncccc2C[C@@H]1OC(=O)Nc1cc(C)ccc1F)C(C)C. The largest absolute Gasteiger partial charge is 0.424 e. The number of benzene rings is 1. The first-order valence-electron chi connectivity index (χ1n) is 11.1. The Morgan fingerprint density at radius 1 is 1.21 bits per heavy atom. The van der Waals surface area contributed by atoms with Crippen LogP contribution in [0.4, 0.5) is 20.7 Å². The highest BCUT2D eigenvalue weighted by Gasteiger charge is 2.41. The van der Waals surface area contributed by atoms with Gasteiger partial charge in [-0.15, -0.1) is 0 Å². The first kappa shape index (κ1) is 25.1. The zero-order valence-corrected chi connectivity index (χ0v) is 19.9. The van der Waals surface area contributed by atoms with Crippen molar-refractivity contribution in [2.75, 3.05) is 17.3 Å². The number of halogens is 1. The second-order valence-electron chi connectivity index (χ2n) is 8.61. The zero-order chi connectivity index (χ0) is 25.0. The fraction of sp³-hybridized carbons (Fsp3) is 0.417. The van der Waals surface area contributed by atoms with Crippen molar-refractivity contribution < 1.29 is 23.5 Å². The molecule has 0 fully saturated rings. The monoisotopic (exact) mass is 471 g/mol. The molecule has 0 radical (unpaired) electrons. The summed E-state index contributed by atoms with van der Waals surface area (Å²) >= 11 is 0. The van der Waals surface area contributed by atoms with Crippen LogP contribution in [0.15, 0.2) is 36.5 Å². The number of carbonyl (C=O) groups excluding carboxylic acids is 3. The average Bonchev–Trinajstić information content (AvgIpc) is 3.15. The molecule has 0 aliphatic carbocycles. The van der Waals surface area contributed by atoms with Crippen LogP contribution in [0.1, 0.15) is 31.9 Å². The van der Waals surface area contributed by atoms with Gasteiger partial charge in [0.05, 0.1) is 11.7 Å². The Labute approximate surface area is 198 Å². The smallest absolute Gasteiger partial charge is 0.413 e. The molecule has 0 spiro atoms. The molecule has 3 amide bonds. The van der Waals surface area contributed by atoms with Crippen molar-refractivity contribution in [2.45, 2.75) is 52.4 Å². The molecule has 1 aliphatic rings. The van der Waals surface area contributed by atoms with Gasteiger partial charge in [-0.1, -0.05) is 26.0 Å². The number of aryl methyl sites for hydroxylation is 1. The fourth-order valence-corrected chi connectivity index (χ4v) is 3.63. The standard InChI is InChI=1S/C24H30FN5O4/c1-13(2)20(29-22(31)15(4)26-5)23(32)30-19(12-16-7-6-10-27-21(16)30)34-24(33)28-18-11-14(3)8-9-17(18)25/h6-11,13,15,19-20,26H,12H2,1-5H3,(H,28,33)(H,29,31)/t15-,19-,20-/m0/s1. The first-order valence-corrected chi connectivity index (χ1v) is 11.1. The molecule has 0 bridgehead atoms. The van der Waals surface area contributed by atoms with Crippen LogP contribution in [-0.2, 0) is 20.7 Å². The van der Waals surface area contributed by atoms with E-state index in [1.807, 2.05) is 13.8 Å². The van der Waals surface area contributed by atoms with E-state index in [0.717, 1.165) is 5.56 Å². The van der Waals surface area contributed by atoms with Crippen LogP contribution in [0.2, 0.25) is 0 Å². The molecule has 10 heteroatoms. The normalized spacial score (nSPS) is 16.6. The van der Waals surface area contributed by atoms with Gasteiger partial charge in [-0.2, -0.15) is 0 Å². The molecular weight excluding hydrogens is 441 g/mol. The van der Waals surface area contributed by atoms with Crippen LogP contribution in [0.25, 0.3) is 0 Å². The lowest BCUT2D eigenvalue weighted by atomic mass is 10.0. The van der Waals surface area contributed by atoms with Crippen molar-refractivity contribution in [3.63, 3.8) is 0 Å². The van der Waals surface area contributed by atoms with Crippen LogP contribution < -0.4 is 20.9 Å². The number of carbonyl (C=O) groups is 3. The molecule has 1 aromatic carbocycles. The lowest BCUT2D eigenvalue weighted by Crippen LogP contribution is -2.56. The Kier molecular flexibility index (Phi) is 7.83. The van der Waals surface area contributed by atoms with Crippen LogP contribution >= 0.6 is 0 Å². The van der Waals surface area contributed by atoms with Crippen molar-refractivity contribution in [1.82, 2.24) is 15.6 Å².